The Labute approximate surface area is 140 Å². The lowest BCUT2D eigenvalue weighted by Gasteiger charge is -2.12. The zero-order valence-electron chi connectivity index (χ0n) is 13.7. The molecule has 0 saturated carbocycles. The second-order valence-corrected chi connectivity index (χ2v) is 5.84. The fourth-order valence-corrected chi connectivity index (χ4v) is 2.64. The first-order valence-corrected chi connectivity index (χ1v) is 8.34. The molecule has 0 N–H and O–H groups in total. The summed E-state index contributed by atoms with van der Waals surface area (Å²) in [6.45, 7) is 2.13. The molecule has 0 spiro atoms. The molecule has 0 amide bonds. The molecule has 0 unspecified atom stereocenters. The van der Waals surface area contributed by atoms with Gasteiger partial charge in [0.05, 0.1) is 14.2 Å². The Hall–Kier alpha value is -2.14. The number of thioether (sulfide) groups is 1. The molecule has 0 aliphatic heterocycles. The first-order chi connectivity index (χ1) is 11.1. The Bertz CT molecular complexity index is 697. The Morgan fingerprint density at radius 3 is 2.43 bits per heavy atom. The van der Waals surface area contributed by atoms with E-state index in [0.717, 1.165) is 16.0 Å². The first kappa shape index (κ1) is 17.2. The summed E-state index contributed by atoms with van der Waals surface area (Å²) < 4.78 is 16.0. The summed E-state index contributed by atoms with van der Waals surface area (Å²) in [5.74, 6) is 0.796. The molecule has 4 nitrogen and oxygen atoms in total. The molecule has 0 heterocycles. The van der Waals surface area contributed by atoms with Gasteiger partial charge in [-0.25, -0.2) is 4.79 Å². The third-order valence-corrected chi connectivity index (χ3v) is 4.15. The average Bonchev–Trinajstić information content (AvgIpc) is 2.59. The Balaban J connectivity index is 2.15. The van der Waals surface area contributed by atoms with Crippen molar-refractivity contribution in [3.05, 3.63) is 53.1 Å². The number of methoxy groups -OCH3 is 2. The van der Waals surface area contributed by atoms with Crippen LogP contribution in [0, 0.1) is 6.92 Å². The van der Waals surface area contributed by atoms with Crippen molar-refractivity contribution in [2.45, 2.75) is 18.4 Å². The van der Waals surface area contributed by atoms with Crippen LogP contribution < -0.4 is 9.47 Å². The SMILES string of the molecule is COc1ccc(C)cc1COC(=O)c1ccc(SC)cc1OC. The zero-order chi connectivity index (χ0) is 16.8. The third-order valence-electron chi connectivity index (χ3n) is 3.42. The van der Waals surface area contributed by atoms with Gasteiger partial charge in [0.25, 0.3) is 0 Å². The van der Waals surface area contributed by atoms with Gasteiger partial charge in [-0.1, -0.05) is 11.6 Å². The summed E-state index contributed by atoms with van der Waals surface area (Å²) >= 11 is 1.59. The molecule has 0 bridgehead atoms. The Morgan fingerprint density at radius 2 is 1.78 bits per heavy atom. The van der Waals surface area contributed by atoms with Crippen LogP contribution in [0.25, 0.3) is 0 Å². The van der Waals surface area contributed by atoms with Crippen molar-refractivity contribution in [1.82, 2.24) is 0 Å². The molecular weight excluding hydrogens is 312 g/mol. The van der Waals surface area contributed by atoms with Crippen LogP contribution in [0.15, 0.2) is 41.3 Å². The van der Waals surface area contributed by atoms with Crippen molar-refractivity contribution in [3.63, 3.8) is 0 Å². The average molecular weight is 332 g/mol. The van der Waals surface area contributed by atoms with Crippen molar-refractivity contribution in [1.29, 1.82) is 0 Å². The summed E-state index contributed by atoms with van der Waals surface area (Å²) in [7, 11) is 3.14. The molecule has 0 aromatic heterocycles. The highest BCUT2D eigenvalue weighted by atomic mass is 32.2. The number of rotatable bonds is 6. The van der Waals surface area contributed by atoms with E-state index in [0.29, 0.717) is 17.1 Å². The van der Waals surface area contributed by atoms with Crippen LogP contribution in [0.3, 0.4) is 0 Å². The third kappa shape index (κ3) is 4.20. The maximum absolute atomic E-state index is 12.3. The Morgan fingerprint density at radius 1 is 1.04 bits per heavy atom. The number of ether oxygens (including phenoxy) is 3. The van der Waals surface area contributed by atoms with Crippen LogP contribution in [0.4, 0.5) is 0 Å². The molecule has 0 saturated heterocycles. The van der Waals surface area contributed by atoms with Crippen molar-refractivity contribution in [2.24, 2.45) is 0 Å². The predicted molar refractivity (Wildman–Crippen MR) is 91.6 cm³/mol. The zero-order valence-corrected chi connectivity index (χ0v) is 14.5. The number of benzene rings is 2. The summed E-state index contributed by atoms with van der Waals surface area (Å²) in [6, 6.07) is 11.2. The highest BCUT2D eigenvalue weighted by Crippen LogP contribution is 2.27. The van der Waals surface area contributed by atoms with Gasteiger partial charge in [-0.3, -0.25) is 0 Å². The lowest BCUT2D eigenvalue weighted by Crippen LogP contribution is -2.08. The summed E-state index contributed by atoms with van der Waals surface area (Å²) in [4.78, 5) is 13.4. The van der Waals surface area contributed by atoms with Gasteiger partial charge < -0.3 is 14.2 Å². The molecule has 122 valence electrons. The van der Waals surface area contributed by atoms with Crippen LogP contribution >= 0.6 is 11.8 Å². The van der Waals surface area contributed by atoms with Gasteiger partial charge in [0.1, 0.15) is 23.7 Å². The number of hydrogen-bond donors (Lipinski definition) is 0. The molecule has 2 aromatic rings. The number of esters is 1. The molecule has 0 atom stereocenters. The fraction of sp³-hybridized carbons (Fsp3) is 0.278. The minimum atomic E-state index is -0.418. The van der Waals surface area contributed by atoms with E-state index in [2.05, 4.69) is 0 Å². The van der Waals surface area contributed by atoms with Gasteiger partial charge in [-0.15, -0.1) is 11.8 Å². The number of hydrogen-bond acceptors (Lipinski definition) is 5. The van der Waals surface area contributed by atoms with Gasteiger partial charge in [0.2, 0.25) is 0 Å². The van der Waals surface area contributed by atoms with Gasteiger partial charge in [-0.05, 0) is 43.5 Å². The monoisotopic (exact) mass is 332 g/mol. The maximum Gasteiger partial charge on any atom is 0.342 e. The van der Waals surface area contributed by atoms with E-state index in [-0.39, 0.29) is 6.61 Å². The topological polar surface area (TPSA) is 44.8 Å². The maximum atomic E-state index is 12.3. The highest BCUT2D eigenvalue weighted by Gasteiger charge is 2.15. The summed E-state index contributed by atoms with van der Waals surface area (Å²) in [5.41, 5.74) is 2.33. The van der Waals surface area contributed by atoms with Crippen LogP contribution in [0.1, 0.15) is 21.5 Å². The second-order valence-electron chi connectivity index (χ2n) is 4.96. The van der Waals surface area contributed by atoms with E-state index in [1.807, 2.05) is 43.5 Å². The lowest BCUT2D eigenvalue weighted by molar-refractivity contribution is 0.0466. The first-order valence-electron chi connectivity index (χ1n) is 7.11. The highest BCUT2D eigenvalue weighted by molar-refractivity contribution is 7.98. The van der Waals surface area contributed by atoms with Gasteiger partial charge in [0, 0.05) is 10.5 Å². The standard InChI is InChI=1S/C18H20O4S/c1-12-5-8-16(20-2)13(9-12)11-22-18(19)15-7-6-14(23-4)10-17(15)21-3/h5-10H,11H2,1-4H3. The van der Waals surface area contributed by atoms with Crippen LogP contribution in [0.5, 0.6) is 11.5 Å². The molecule has 2 aromatic carbocycles. The van der Waals surface area contributed by atoms with E-state index in [9.17, 15) is 4.79 Å². The van der Waals surface area contributed by atoms with E-state index in [1.54, 1.807) is 32.0 Å². The van der Waals surface area contributed by atoms with Crippen molar-refractivity contribution >= 4 is 17.7 Å². The van der Waals surface area contributed by atoms with Gasteiger partial charge in [0.15, 0.2) is 0 Å². The molecule has 2 rings (SSSR count). The van der Waals surface area contributed by atoms with Crippen molar-refractivity contribution in [2.75, 3.05) is 20.5 Å². The molecule has 5 heteroatoms. The number of carbonyl (C=O) groups is 1. The van der Waals surface area contributed by atoms with E-state index < -0.39 is 5.97 Å². The van der Waals surface area contributed by atoms with E-state index in [4.69, 9.17) is 14.2 Å². The molecule has 0 radical (unpaired) electrons. The summed E-state index contributed by atoms with van der Waals surface area (Å²) in [5, 5.41) is 0. The second kappa shape index (κ2) is 7.92. The van der Waals surface area contributed by atoms with Crippen LogP contribution in [0.2, 0.25) is 0 Å². The Kier molecular flexibility index (Phi) is 5.93. The minimum absolute atomic E-state index is 0.150. The number of carbonyl (C=O) groups excluding carboxylic acids is 1. The van der Waals surface area contributed by atoms with Crippen molar-refractivity contribution < 1.29 is 19.0 Å². The molecule has 0 fully saturated rings. The molecule has 0 aliphatic carbocycles. The van der Waals surface area contributed by atoms with Gasteiger partial charge >= 0.3 is 5.97 Å². The van der Waals surface area contributed by atoms with E-state index >= 15 is 0 Å². The largest absolute Gasteiger partial charge is 0.496 e. The van der Waals surface area contributed by atoms with Crippen LogP contribution in [-0.2, 0) is 11.3 Å². The fourth-order valence-electron chi connectivity index (χ4n) is 2.21. The summed E-state index contributed by atoms with van der Waals surface area (Å²) in [6.07, 6.45) is 1.97. The minimum Gasteiger partial charge on any atom is -0.496 e. The van der Waals surface area contributed by atoms with Crippen LogP contribution in [-0.4, -0.2) is 26.4 Å². The van der Waals surface area contributed by atoms with Gasteiger partial charge in [-0.2, -0.15) is 0 Å². The molecule has 0 aliphatic rings. The lowest BCUT2D eigenvalue weighted by atomic mass is 10.1. The molecule has 23 heavy (non-hydrogen) atoms. The molecular formula is C18H20O4S. The quantitative estimate of drug-likeness (QED) is 0.589. The predicted octanol–water partition coefficient (Wildman–Crippen LogP) is 4.09. The van der Waals surface area contributed by atoms with E-state index in [1.165, 1.54) is 0 Å². The smallest absolute Gasteiger partial charge is 0.342 e. The van der Waals surface area contributed by atoms with Crippen molar-refractivity contribution in [3.8, 4) is 11.5 Å². The normalized spacial score (nSPS) is 10.3. The number of aryl methyl sites for hydroxylation is 1.